The van der Waals surface area contributed by atoms with Gasteiger partial charge in [-0.2, -0.15) is 0 Å². The molecule has 1 amide bonds. The van der Waals surface area contributed by atoms with Gasteiger partial charge in [-0.05, 0) is 40.5 Å². The molecule has 2 aromatic carbocycles. The van der Waals surface area contributed by atoms with Gasteiger partial charge in [0.1, 0.15) is 5.75 Å². The van der Waals surface area contributed by atoms with Gasteiger partial charge in [-0.15, -0.1) is 0 Å². The van der Waals surface area contributed by atoms with Crippen molar-refractivity contribution in [2.75, 3.05) is 11.9 Å². The maximum Gasteiger partial charge on any atom is 0.232 e. The Kier molecular flexibility index (Phi) is 4.17. The summed E-state index contributed by atoms with van der Waals surface area (Å²) in [6.07, 6.45) is 0.668. The Hall–Kier alpha value is -1.52. The predicted octanol–water partition coefficient (Wildman–Crippen LogP) is 4.61. The van der Waals surface area contributed by atoms with Crippen LogP contribution in [0.25, 0.3) is 0 Å². The first-order chi connectivity index (χ1) is 10.2. The van der Waals surface area contributed by atoms with Gasteiger partial charge in [0.05, 0.1) is 27.7 Å². The zero-order chi connectivity index (χ0) is 14.8. The summed E-state index contributed by atoms with van der Waals surface area (Å²) in [6, 6.07) is 13.1. The first-order valence-corrected chi connectivity index (χ1v) is 7.80. The van der Waals surface area contributed by atoms with E-state index in [0.29, 0.717) is 28.2 Å². The summed E-state index contributed by atoms with van der Waals surface area (Å²) in [7, 11) is 0. The van der Waals surface area contributed by atoms with Crippen LogP contribution in [0.3, 0.4) is 0 Å². The lowest BCUT2D eigenvalue weighted by atomic mass is 9.92. The number of anilines is 1. The zero-order valence-electron chi connectivity index (χ0n) is 11.1. The monoisotopic (exact) mass is 365 g/mol. The van der Waals surface area contributed by atoms with E-state index in [1.165, 1.54) is 0 Å². The molecule has 0 aliphatic carbocycles. The summed E-state index contributed by atoms with van der Waals surface area (Å²) in [6.45, 7) is 0.547. The molecule has 1 aliphatic heterocycles. The number of nitrogens with one attached hydrogen (secondary N) is 1. The van der Waals surface area contributed by atoms with Crippen molar-refractivity contribution in [3.05, 3.63) is 57.5 Å². The van der Waals surface area contributed by atoms with Crippen molar-refractivity contribution >= 4 is 39.1 Å². The van der Waals surface area contributed by atoms with Crippen LogP contribution < -0.4 is 10.1 Å². The van der Waals surface area contributed by atoms with Crippen LogP contribution in [0.5, 0.6) is 5.75 Å². The van der Waals surface area contributed by atoms with Crippen molar-refractivity contribution in [1.82, 2.24) is 0 Å². The predicted molar refractivity (Wildman–Crippen MR) is 87.1 cm³/mol. The summed E-state index contributed by atoms with van der Waals surface area (Å²) in [5, 5.41) is 3.51. The summed E-state index contributed by atoms with van der Waals surface area (Å²) in [4.78, 5) is 12.6. The molecule has 1 aliphatic rings. The van der Waals surface area contributed by atoms with Gasteiger partial charge in [0.15, 0.2) is 0 Å². The minimum absolute atomic E-state index is 0.0475. The van der Waals surface area contributed by atoms with Crippen molar-refractivity contribution in [2.45, 2.75) is 12.3 Å². The molecule has 2 aromatic rings. The van der Waals surface area contributed by atoms with E-state index in [0.717, 1.165) is 11.3 Å². The lowest BCUT2D eigenvalue weighted by molar-refractivity contribution is -0.118. The Bertz CT molecular complexity index is 690. The molecule has 3 rings (SSSR count). The molecule has 5 heteroatoms. The highest BCUT2D eigenvalue weighted by atomic mass is 79.9. The topological polar surface area (TPSA) is 38.3 Å². The number of halogens is 2. The first kappa shape index (κ1) is 14.4. The average Bonchev–Trinajstić information content (AvgIpc) is 2.51. The van der Waals surface area contributed by atoms with E-state index in [9.17, 15) is 4.79 Å². The number of carbonyl (C=O) groups excluding carboxylic acids is 1. The quantitative estimate of drug-likeness (QED) is 0.843. The number of benzene rings is 2. The van der Waals surface area contributed by atoms with Gasteiger partial charge in [0.25, 0.3) is 0 Å². The normalized spacial score (nSPS) is 16.8. The van der Waals surface area contributed by atoms with E-state index >= 15 is 0 Å². The Labute approximate surface area is 136 Å². The van der Waals surface area contributed by atoms with Gasteiger partial charge in [0.2, 0.25) is 5.91 Å². The molecule has 108 valence electrons. The highest BCUT2D eigenvalue weighted by molar-refractivity contribution is 9.10. The van der Waals surface area contributed by atoms with Crippen molar-refractivity contribution in [1.29, 1.82) is 0 Å². The number of hydrogen-bond donors (Lipinski definition) is 1. The Morgan fingerprint density at radius 2 is 2.05 bits per heavy atom. The molecule has 3 nitrogen and oxygen atoms in total. The molecule has 0 radical (unpaired) electrons. The highest BCUT2D eigenvalue weighted by Gasteiger charge is 2.27. The molecule has 0 spiro atoms. The van der Waals surface area contributed by atoms with Gasteiger partial charge in [0, 0.05) is 5.56 Å². The van der Waals surface area contributed by atoms with E-state index in [1.807, 2.05) is 30.3 Å². The standard InChI is InChI=1S/C16H13BrClNO2/c17-15-12(18)5-3-6-13(15)19-16(20)11-8-9-21-14-7-2-1-4-10(11)14/h1-7,11H,8-9H2,(H,19,20). The van der Waals surface area contributed by atoms with Crippen LogP contribution in [0, 0.1) is 0 Å². The number of rotatable bonds is 2. The summed E-state index contributed by atoms with van der Waals surface area (Å²) in [5.74, 6) is 0.531. The third kappa shape index (κ3) is 2.92. The number of fused-ring (bicyclic) bond motifs is 1. The Balaban J connectivity index is 1.85. The number of hydrogen-bond acceptors (Lipinski definition) is 2. The Morgan fingerprint density at radius 1 is 1.24 bits per heavy atom. The maximum atomic E-state index is 12.6. The molecule has 21 heavy (non-hydrogen) atoms. The van der Waals surface area contributed by atoms with Crippen molar-refractivity contribution < 1.29 is 9.53 Å². The molecule has 1 unspecified atom stereocenters. The van der Waals surface area contributed by atoms with Crippen LogP contribution in [-0.2, 0) is 4.79 Å². The second-order valence-corrected chi connectivity index (χ2v) is 6.02. The second-order valence-electron chi connectivity index (χ2n) is 4.82. The molecule has 0 aromatic heterocycles. The van der Waals surface area contributed by atoms with Crippen LogP contribution in [-0.4, -0.2) is 12.5 Å². The first-order valence-electron chi connectivity index (χ1n) is 6.63. The fourth-order valence-corrected chi connectivity index (χ4v) is 2.97. The lowest BCUT2D eigenvalue weighted by Crippen LogP contribution is -2.26. The smallest absolute Gasteiger partial charge is 0.232 e. The molecule has 1 atom stereocenters. The summed E-state index contributed by atoms with van der Waals surface area (Å²) < 4.78 is 6.28. The fourth-order valence-electron chi connectivity index (χ4n) is 2.43. The molecule has 1 N–H and O–H groups in total. The lowest BCUT2D eigenvalue weighted by Gasteiger charge is -2.25. The molecular formula is C16H13BrClNO2. The average molecular weight is 367 g/mol. The minimum Gasteiger partial charge on any atom is -0.493 e. The van der Waals surface area contributed by atoms with E-state index in [1.54, 1.807) is 12.1 Å². The van der Waals surface area contributed by atoms with E-state index in [4.69, 9.17) is 16.3 Å². The van der Waals surface area contributed by atoms with Gasteiger partial charge in [-0.25, -0.2) is 0 Å². The molecule has 0 fully saturated rings. The van der Waals surface area contributed by atoms with Gasteiger partial charge < -0.3 is 10.1 Å². The molecule has 1 heterocycles. The zero-order valence-corrected chi connectivity index (χ0v) is 13.4. The fraction of sp³-hybridized carbons (Fsp3) is 0.188. The van der Waals surface area contributed by atoms with E-state index in [-0.39, 0.29) is 11.8 Å². The van der Waals surface area contributed by atoms with Crippen molar-refractivity contribution in [2.24, 2.45) is 0 Å². The largest absolute Gasteiger partial charge is 0.493 e. The van der Waals surface area contributed by atoms with E-state index in [2.05, 4.69) is 21.2 Å². The number of amides is 1. The highest BCUT2D eigenvalue weighted by Crippen LogP contribution is 2.35. The van der Waals surface area contributed by atoms with Crippen LogP contribution in [0.4, 0.5) is 5.69 Å². The van der Waals surface area contributed by atoms with Crippen molar-refractivity contribution in [3.63, 3.8) is 0 Å². The maximum absolute atomic E-state index is 12.6. The van der Waals surface area contributed by atoms with E-state index < -0.39 is 0 Å². The van der Waals surface area contributed by atoms with Crippen LogP contribution in [0.1, 0.15) is 17.9 Å². The third-order valence-corrected chi connectivity index (χ3v) is 4.88. The summed E-state index contributed by atoms with van der Waals surface area (Å²) in [5.41, 5.74) is 1.61. The third-order valence-electron chi connectivity index (χ3n) is 3.48. The summed E-state index contributed by atoms with van der Waals surface area (Å²) >= 11 is 9.44. The molecule has 0 bridgehead atoms. The van der Waals surface area contributed by atoms with Crippen LogP contribution in [0.2, 0.25) is 5.02 Å². The minimum atomic E-state index is -0.208. The molecular weight excluding hydrogens is 354 g/mol. The van der Waals surface area contributed by atoms with Crippen molar-refractivity contribution in [3.8, 4) is 5.75 Å². The van der Waals surface area contributed by atoms with Gasteiger partial charge in [-0.3, -0.25) is 4.79 Å². The second kappa shape index (κ2) is 6.08. The molecule has 0 saturated carbocycles. The molecule has 0 saturated heterocycles. The SMILES string of the molecule is O=C(Nc1cccc(Cl)c1Br)C1CCOc2ccccc21. The van der Waals surface area contributed by atoms with Gasteiger partial charge >= 0.3 is 0 Å². The van der Waals surface area contributed by atoms with Crippen LogP contribution >= 0.6 is 27.5 Å². The van der Waals surface area contributed by atoms with Crippen LogP contribution in [0.15, 0.2) is 46.9 Å². The van der Waals surface area contributed by atoms with Gasteiger partial charge in [-0.1, -0.05) is 35.9 Å². The Morgan fingerprint density at radius 3 is 2.90 bits per heavy atom. The number of carbonyl (C=O) groups is 1. The number of para-hydroxylation sites is 1. The number of ether oxygens (including phenoxy) is 1.